The molecular formula is C15H18N2O3. The number of oxazole rings is 1. The second-order valence-electron chi connectivity index (χ2n) is 5.45. The number of carbonyl (C=O) groups excluding carboxylic acids is 1. The van der Waals surface area contributed by atoms with Crippen LogP contribution in [0, 0.1) is 5.92 Å². The summed E-state index contributed by atoms with van der Waals surface area (Å²) < 4.78 is 4.98. The third kappa shape index (κ3) is 2.76. The van der Waals surface area contributed by atoms with E-state index in [1.807, 2.05) is 0 Å². The Labute approximate surface area is 116 Å². The molecule has 0 spiro atoms. The van der Waals surface area contributed by atoms with E-state index < -0.39 is 5.76 Å². The zero-order valence-electron chi connectivity index (χ0n) is 11.3. The summed E-state index contributed by atoms with van der Waals surface area (Å²) in [6.45, 7) is 0. The highest BCUT2D eigenvalue weighted by atomic mass is 16.4. The summed E-state index contributed by atoms with van der Waals surface area (Å²) in [5.74, 6) is -0.00761. The predicted octanol–water partition coefficient (Wildman–Crippen LogP) is 3.03. The molecule has 20 heavy (non-hydrogen) atoms. The van der Waals surface area contributed by atoms with E-state index in [9.17, 15) is 9.59 Å². The smallest absolute Gasteiger partial charge is 0.408 e. The van der Waals surface area contributed by atoms with Crippen molar-refractivity contribution in [3.63, 3.8) is 0 Å². The van der Waals surface area contributed by atoms with E-state index in [2.05, 4.69) is 10.3 Å². The zero-order valence-corrected chi connectivity index (χ0v) is 11.3. The van der Waals surface area contributed by atoms with Gasteiger partial charge in [-0.3, -0.25) is 9.78 Å². The molecule has 3 rings (SSSR count). The number of benzene rings is 1. The lowest BCUT2D eigenvalue weighted by molar-refractivity contribution is -0.117. The molecule has 0 bridgehead atoms. The normalized spacial score (nSPS) is 16.4. The molecule has 0 atom stereocenters. The molecule has 2 aromatic rings. The van der Waals surface area contributed by atoms with Crippen molar-refractivity contribution in [1.29, 1.82) is 0 Å². The number of hydrogen-bond donors (Lipinski definition) is 2. The van der Waals surface area contributed by atoms with Gasteiger partial charge in [0.1, 0.15) is 5.52 Å². The van der Waals surface area contributed by atoms with Gasteiger partial charge in [-0.25, -0.2) is 4.79 Å². The van der Waals surface area contributed by atoms with E-state index in [0.29, 0.717) is 29.1 Å². The number of fused-ring (bicyclic) bond motifs is 1. The maximum absolute atomic E-state index is 12.1. The summed E-state index contributed by atoms with van der Waals surface area (Å²) in [5, 5.41) is 2.88. The van der Waals surface area contributed by atoms with Gasteiger partial charge < -0.3 is 9.73 Å². The topological polar surface area (TPSA) is 75.1 Å². The van der Waals surface area contributed by atoms with Gasteiger partial charge in [0, 0.05) is 6.42 Å². The summed E-state index contributed by atoms with van der Waals surface area (Å²) in [6.07, 6.45) is 6.57. The van der Waals surface area contributed by atoms with E-state index in [1.54, 1.807) is 18.2 Å². The van der Waals surface area contributed by atoms with Gasteiger partial charge in [-0.2, -0.15) is 0 Å². The van der Waals surface area contributed by atoms with Gasteiger partial charge in [0.05, 0.1) is 5.69 Å². The van der Waals surface area contributed by atoms with Crippen molar-refractivity contribution >= 4 is 22.7 Å². The lowest BCUT2D eigenvalue weighted by Crippen LogP contribution is -2.18. The van der Waals surface area contributed by atoms with Crippen LogP contribution in [-0.4, -0.2) is 10.9 Å². The van der Waals surface area contributed by atoms with Crippen LogP contribution in [-0.2, 0) is 4.79 Å². The van der Waals surface area contributed by atoms with Gasteiger partial charge in [0.2, 0.25) is 5.91 Å². The van der Waals surface area contributed by atoms with Crippen LogP contribution in [0.5, 0.6) is 0 Å². The SMILES string of the molecule is O=C(CC1CCCCC1)Nc1cccc2oc(=O)[nH]c12. The fraction of sp³-hybridized carbons (Fsp3) is 0.467. The second-order valence-corrected chi connectivity index (χ2v) is 5.45. The Balaban J connectivity index is 1.72. The monoisotopic (exact) mass is 274 g/mol. The van der Waals surface area contributed by atoms with Crippen molar-refractivity contribution in [3.8, 4) is 0 Å². The summed E-state index contributed by atoms with van der Waals surface area (Å²) in [5.41, 5.74) is 1.62. The Morgan fingerprint density at radius 2 is 2.10 bits per heavy atom. The molecule has 1 fully saturated rings. The van der Waals surface area contributed by atoms with Crippen molar-refractivity contribution in [3.05, 3.63) is 28.7 Å². The minimum absolute atomic E-state index is 0.00597. The number of para-hydroxylation sites is 1. The number of hydrogen-bond acceptors (Lipinski definition) is 3. The summed E-state index contributed by atoms with van der Waals surface area (Å²) in [7, 11) is 0. The molecule has 5 nitrogen and oxygen atoms in total. The number of amides is 1. The van der Waals surface area contributed by atoms with E-state index in [0.717, 1.165) is 12.8 Å². The molecule has 1 heterocycles. The van der Waals surface area contributed by atoms with Crippen molar-refractivity contribution in [1.82, 2.24) is 4.98 Å². The quantitative estimate of drug-likeness (QED) is 0.903. The second kappa shape index (κ2) is 5.53. The van der Waals surface area contributed by atoms with E-state index in [1.165, 1.54) is 19.3 Å². The van der Waals surface area contributed by atoms with Crippen LogP contribution in [0.2, 0.25) is 0 Å². The van der Waals surface area contributed by atoms with Crippen LogP contribution in [0.3, 0.4) is 0 Å². The average Bonchev–Trinajstić information content (AvgIpc) is 2.81. The van der Waals surface area contributed by atoms with E-state index in [4.69, 9.17) is 4.42 Å². The molecular weight excluding hydrogens is 256 g/mol. The van der Waals surface area contributed by atoms with Crippen LogP contribution >= 0.6 is 0 Å². The number of rotatable bonds is 3. The first-order valence-electron chi connectivity index (χ1n) is 7.14. The lowest BCUT2D eigenvalue weighted by Gasteiger charge is -2.20. The van der Waals surface area contributed by atoms with Gasteiger partial charge in [0.25, 0.3) is 0 Å². The Morgan fingerprint density at radius 3 is 2.90 bits per heavy atom. The molecule has 5 heteroatoms. The fourth-order valence-corrected chi connectivity index (χ4v) is 2.93. The van der Waals surface area contributed by atoms with E-state index >= 15 is 0 Å². The van der Waals surface area contributed by atoms with Gasteiger partial charge in [-0.1, -0.05) is 25.3 Å². The minimum Gasteiger partial charge on any atom is -0.408 e. The van der Waals surface area contributed by atoms with Gasteiger partial charge >= 0.3 is 5.76 Å². The molecule has 1 saturated carbocycles. The van der Waals surface area contributed by atoms with Crippen LogP contribution in [0.25, 0.3) is 11.1 Å². The van der Waals surface area contributed by atoms with Crippen LogP contribution < -0.4 is 11.1 Å². The van der Waals surface area contributed by atoms with Crippen LogP contribution in [0.4, 0.5) is 5.69 Å². The number of aromatic amines is 1. The molecule has 106 valence electrons. The lowest BCUT2D eigenvalue weighted by atomic mass is 9.87. The van der Waals surface area contributed by atoms with Crippen LogP contribution in [0.15, 0.2) is 27.4 Å². The highest BCUT2D eigenvalue weighted by molar-refractivity contribution is 5.98. The molecule has 0 saturated heterocycles. The maximum atomic E-state index is 12.1. The third-order valence-electron chi connectivity index (χ3n) is 3.93. The predicted molar refractivity (Wildman–Crippen MR) is 76.7 cm³/mol. The largest absolute Gasteiger partial charge is 0.417 e. The molecule has 1 aliphatic rings. The molecule has 0 aliphatic heterocycles. The molecule has 2 N–H and O–H groups in total. The number of anilines is 1. The zero-order chi connectivity index (χ0) is 13.9. The Bertz CT molecular complexity index is 665. The Hall–Kier alpha value is -2.04. The number of nitrogens with one attached hydrogen (secondary N) is 2. The molecule has 1 aromatic carbocycles. The first kappa shape index (κ1) is 13.0. The van der Waals surface area contributed by atoms with Crippen molar-refractivity contribution < 1.29 is 9.21 Å². The van der Waals surface area contributed by atoms with Crippen LogP contribution in [0.1, 0.15) is 38.5 Å². The molecule has 0 unspecified atom stereocenters. The van der Waals surface area contributed by atoms with Gasteiger partial charge in [-0.15, -0.1) is 0 Å². The number of aromatic nitrogens is 1. The Morgan fingerprint density at radius 1 is 1.30 bits per heavy atom. The fourth-order valence-electron chi connectivity index (χ4n) is 2.93. The molecule has 1 aliphatic carbocycles. The first-order valence-corrected chi connectivity index (χ1v) is 7.14. The average molecular weight is 274 g/mol. The summed E-state index contributed by atoms with van der Waals surface area (Å²) >= 11 is 0. The number of H-pyrrole nitrogens is 1. The summed E-state index contributed by atoms with van der Waals surface area (Å²) in [6, 6.07) is 5.23. The molecule has 0 radical (unpaired) electrons. The minimum atomic E-state index is -0.506. The standard InChI is InChI=1S/C15H18N2O3/c18-13(9-10-5-2-1-3-6-10)16-11-7-4-8-12-14(11)17-15(19)20-12/h4,7-8,10H,1-3,5-6,9H2,(H,16,18)(H,17,19). The van der Waals surface area contributed by atoms with Gasteiger partial charge in [0.15, 0.2) is 5.58 Å². The maximum Gasteiger partial charge on any atom is 0.417 e. The van der Waals surface area contributed by atoms with Crippen molar-refractivity contribution in [2.75, 3.05) is 5.32 Å². The first-order chi connectivity index (χ1) is 9.72. The van der Waals surface area contributed by atoms with E-state index in [-0.39, 0.29) is 5.91 Å². The number of carbonyl (C=O) groups is 1. The van der Waals surface area contributed by atoms with Gasteiger partial charge in [-0.05, 0) is 30.9 Å². The Kier molecular flexibility index (Phi) is 3.58. The van der Waals surface area contributed by atoms with Crippen molar-refractivity contribution in [2.24, 2.45) is 5.92 Å². The third-order valence-corrected chi connectivity index (χ3v) is 3.93. The summed E-state index contributed by atoms with van der Waals surface area (Å²) in [4.78, 5) is 25.9. The highest BCUT2D eigenvalue weighted by Gasteiger charge is 2.18. The molecule has 1 amide bonds. The molecule has 1 aromatic heterocycles. The highest BCUT2D eigenvalue weighted by Crippen LogP contribution is 2.27. The van der Waals surface area contributed by atoms with Crippen molar-refractivity contribution in [2.45, 2.75) is 38.5 Å².